The number of hydrogen-bond donors (Lipinski definition) is 1. The van der Waals surface area contributed by atoms with Gasteiger partial charge in [-0.25, -0.2) is 9.97 Å². The Labute approximate surface area is 162 Å². The van der Waals surface area contributed by atoms with Crippen molar-refractivity contribution in [2.45, 2.75) is 13.3 Å². The molecule has 4 rings (SSSR count). The quantitative estimate of drug-likeness (QED) is 0.534. The van der Waals surface area contributed by atoms with E-state index >= 15 is 0 Å². The molecule has 1 aromatic heterocycles. The van der Waals surface area contributed by atoms with Gasteiger partial charge in [-0.1, -0.05) is 30.3 Å². The molecule has 142 valence electrons. The van der Waals surface area contributed by atoms with Crippen LogP contribution in [0.15, 0.2) is 54.6 Å². The second kappa shape index (κ2) is 7.64. The lowest BCUT2D eigenvalue weighted by atomic mass is 9.97. The van der Waals surface area contributed by atoms with Crippen LogP contribution in [-0.4, -0.2) is 28.0 Å². The summed E-state index contributed by atoms with van der Waals surface area (Å²) in [6.07, 6.45) is 0.949. The molecule has 1 atom stereocenters. The molecule has 1 aliphatic heterocycles. The van der Waals surface area contributed by atoms with E-state index in [4.69, 9.17) is 4.74 Å². The van der Waals surface area contributed by atoms with Crippen LogP contribution in [0.4, 0.5) is 11.5 Å². The van der Waals surface area contributed by atoms with Crippen molar-refractivity contribution in [2.75, 3.05) is 18.5 Å². The minimum atomic E-state index is -0.417. The van der Waals surface area contributed by atoms with E-state index in [2.05, 4.69) is 21.4 Å². The van der Waals surface area contributed by atoms with Crippen molar-refractivity contribution >= 4 is 11.5 Å². The molecule has 28 heavy (non-hydrogen) atoms. The molecule has 2 aromatic carbocycles. The number of hydrogen-bond acceptors (Lipinski definition) is 6. The van der Waals surface area contributed by atoms with E-state index in [1.807, 2.05) is 31.2 Å². The van der Waals surface area contributed by atoms with Crippen molar-refractivity contribution in [1.29, 1.82) is 0 Å². The van der Waals surface area contributed by atoms with Gasteiger partial charge in [-0.2, -0.15) is 0 Å². The highest BCUT2D eigenvalue weighted by molar-refractivity contribution is 5.61. The summed E-state index contributed by atoms with van der Waals surface area (Å²) in [5.74, 6) is 2.47. The minimum Gasteiger partial charge on any atom is -0.493 e. The van der Waals surface area contributed by atoms with Crippen molar-refractivity contribution < 1.29 is 9.66 Å². The number of para-hydroxylation sites is 1. The highest BCUT2D eigenvalue weighted by Crippen LogP contribution is 2.27. The van der Waals surface area contributed by atoms with Gasteiger partial charge >= 0.3 is 0 Å². The molecule has 3 aromatic rings. The Balaban J connectivity index is 1.49. The fourth-order valence-electron chi connectivity index (χ4n) is 3.32. The van der Waals surface area contributed by atoms with Crippen molar-refractivity contribution in [2.24, 2.45) is 5.92 Å². The SMILES string of the molecule is Cc1cc(NC[C@H]2COc3ccccc3C2)nc(-c2cccc([N+](=O)[O-])c2)n1. The third kappa shape index (κ3) is 3.93. The van der Waals surface area contributed by atoms with Crippen molar-refractivity contribution in [3.05, 3.63) is 76.0 Å². The molecule has 1 aliphatic rings. The molecule has 0 aliphatic carbocycles. The molecule has 0 bridgehead atoms. The van der Waals surface area contributed by atoms with Crippen LogP contribution in [0.1, 0.15) is 11.3 Å². The van der Waals surface area contributed by atoms with Crippen LogP contribution in [-0.2, 0) is 6.42 Å². The van der Waals surface area contributed by atoms with E-state index in [0.29, 0.717) is 29.7 Å². The maximum absolute atomic E-state index is 11.0. The van der Waals surface area contributed by atoms with Gasteiger partial charge in [0, 0.05) is 41.9 Å². The summed E-state index contributed by atoms with van der Waals surface area (Å²) < 4.78 is 5.84. The van der Waals surface area contributed by atoms with Crippen LogP contribution in [0.25, 0.3) is 11.4 Å². The summed E-state index contributed by atoms with van der Waals surface area (Å²) >= 11 is 0. The summed E-state index contributed by atoms with van der Waals surface area (Å²) in [6.45, 7) is 3.26. The molecular weight excluding hydrogens is 356 g/mol. The number of non-ortho nitro benzene ring substituents is 1. The standard InChI is InChI=1S/C21H20N4O3/c1-14-9-20(22-12-15-10-16-5-2-3-8-19(16)28-13-15)24-21(23-14)17-6-4-7-18(11-17)25(26)27/h2-9,11,15H,10,12-13H2,1H3,(H,22,23,24)/t15-/m0/s1. The zero-order valence-corrected chi connectivity index (χ0v) is 15.5. The first-order chi connectivity index (χ1) is 13.6. The highest BCUT2D eigenvalue weighted by Gasteiger charge is 2.19. The Hall–Kier alpha value is -3.48. The molecule has 0 radical (unpaired) electrons. The van der Waals surface area contributed by atoms with Gasteiger partial charge in [0.1, 0.15) is 11.6 Å². The Morgan fingerprint density at radius 1 is 1.18 bits per heavy atom. The average molecular weight is 376 g/mol. The van der Waals surface area contributed by atoms with E-state index in [-0.39, 0.29) is 5.69 Å². The molecule has 1 N–H and O–H groups in total. The van der Waals surface area contributed by atoms with E-state index in [1.165, 1.54) is 17.7 Å². The fourth-order valence-corrected chi connectivity index (χ4v) is 3.32. The van der Waals surface area contributed by atoms with Gasteiger partial charge in [0.05, 0.1) is 11.5 Å². The Bertz CT molecular complexity index is 1020. The first-order valence-corrected chi connectivity index (χ1v) is 9.13. The molecule has 0 saturated carbocycles. The monoisotopic (exact) mass is 376 g/mol. The first kappa shape index (κ1) is 17.9. The molecule has 2 heterocycles. The lowest BCUT2D eigenvalue weighted by molar-refractivity contribution is -0.384. The molecule has 0 saturated heterocycles. The second-order valence-corrected chi connectivity index (χ2v) is 6.90. The lowest BCUT2D eigenvalue weighted by Crippen LogP contribution is -2.27. The van der Waals surface area contributed by atoms with Crippen molar-refractivity contribution in [3.63, 3.8) is 0 Å². The van der Waals surface area contributed by atoms with Gasteiger partial charge in [-0.05, 0) is 25.0 Å². The molecule has 0 fully saturated rings. The van der Waals surface area contributed by atoms with Gasteiger partial charge in [0.25, 0.3) is 5.69 Å². The summed E-state index contributed by atoms with van der Waals surface area (Å²) in [5, 5.41) is 14.4. The van der Waals surface area contributed by atoms with Crippen molar-refractivity contribution in [1.82, 2.24) is 9.97 Å². The maximum atomic E-state index is 11.0. The maximum Gasteiger partial charge on any atom is 0.270 e. The number of nitrogens with zero attached hydrogens (tertiary/aromatic N) is 3. The van der Waals surface area contributed by atoms with Gasteiger partial charge in [-0.3, -0.25) is 10.1 Å². The fraction of sp³-hybridized carbons (Fsp3) is 0.238. The molecule has 0 unspecified atom stereocenters. The number of benzene rings is 2. The molecule has 7 heteroatoms. The summed E-state index contributed by atoms with van der Waals surface area (Å²) in [4.78, 5) is 19.6. The molecular formula is C21H20N4O3. The van der Waals surface area contributed by atoms with E-state index in [9.17, 15) is 10.1 Å². The zero-order chi connectivity index (χ0) is 19.5. The number of aromatic nitrogens is 2. The third-order valence-electron chi connectivity index (χ3n) is 4.70. The predicted octanol–water partition coefficient (Wildman–Crippen LogP) is 4.02. The van der Waals surface area contributed by atoms with Crippen LogP contribution in [0.3, 0.4) is 0 Å². The van der Waals surface area contributed by atoms with Crippen LogP contribution in [0, 0.1) is 23.0 Å². The molecule has 0 spiro atoms. The average Bonchev–Trinajstić information content (AvgIpc) is 2.72. The van der Waals surface area contributed by atoms with Crippen LogP contribution in [0.5, 0.6) is 5.75 Å². The number of aryl methyl sites for hydroxylation is 1. The van der Waals surface area contributed by atoms with Crippen LogP contribution >= 0.6 is 0 Å². The van der Waals surface area contributed by atoms with Crippen LogP contribution < -0.4 is 10.1 Å². The highest BCUT2D eigenvalue weighted by atomic mass is 16.6. The van der Waals surface area contributed by atoms with E-state index in [0.717, 1.165) is 24.4 Å². The predicted molar refractivity (Wildman–Crippen MR) is 106 cm³/mol. The Morgan fingerprint density at radius 3 is 2.89 bits per heavy atom. The number of rotatable bonds is 5. The number of nitro benzene ring substituents is 1. The topological polar surface area (TPSA) is 90.2 Å². The summed E-state index contributed by atoms with van der Waals surface area (Å²) in [5.41, 5.74) is 2.66. The van der Waals surface area contributed by atoms with Gasteiger partial charge in [0.15, 0.2) is 5.82 Å². The number of nitrogens with one attached hydrogen (secondary N) is 1. The number of nitro groups is 1. The molecule has 7 nitrogen and oxygen atoms in total. The molecule has 0 amide bonds. The summed E-state index contributed by atoms with van der Waals surface area (Å²) in [6, 6.07) is 16.3. The third-order valence-corrected chi connectivity index (χ3v) is 4.70. The van der Waals surface area contributed by atoms with Gasteiger partial charge in [-0.15, -0.1) is 0 Å². The largest absolute Gasteiger partial charge is 0.493 e. The van der Waals surface area contributed by atoms with Gasteiger partial charge in [0.2, 0.25) is 0 Å². The number of ether oxygens (including phenoxy) is 1. The number of anilines is 1. The normalized spacial score (nSPS) is 15.4. The Morgan fingerprint density at radius 2 is 2.04 bits per heavy atom. The smallest absolute Gasteiger partial charge is 0.270 e. The van der Waals surface area contributed by atoms with Crippen LogP contribution in [0.2, 0.25) is 0 Å². The van der Waals surface area contributed by atoms with E-state index in [1.54, 1.807) is 12.1 Å². The van der Waals surface area contributed by atoms with Crippen molar-refractivity contribution in [3.8, 4) is 17.1 Å². The number of fused-ring (bicyclic) bond motifs is 1. The Kier molecular flexibility index (Phi) is 4.89. The van der Waals surface area contributed by atoms with Gasteiger partial charge < -0.3 is 10.1 Å². The lowest BCUT2D eigenvalue weighted by Gasteiger charge is -2.25. The minimum absolute atomic E-state index is 0.0233. The summed E-state index contributed by atoms with van der Waals surface area (Å²) in [7, 11) is 0. The first-order valence-electron chi connectivity index (χ1n) is 9.13. The second-order valence-electron chi connectivity index (χ2n) is 6.90. The zero-order valence-electron chi connectivity index (χ0n) is 15.5. The van der Waals surface area contributed by atoms with E-state index < -0.39 is 4.92 Å².